The van der Waals surface area contributed by atoms with Crippen molar-refractivity contribution < 1.29 is 4.74 Å². The van der Waals surface area contributed by atoms with Crippen molar-refractivity contribution >= 4 is 17.5 Å². The van der Waals surface area contributed by atoms with E-state index >= 15 is 0 Å². The van der Waals surface area contributed by atoms with Gasteiger partial charge in [0, 0.05) is 0 Å². The standard InChI is InChI=1S/C5H6ClN3O.C4H9N/c1-10-4-3(6)2-8-5(7)9-4;1-2-4-5-3-1/h2H,1H3,(H2,7,8,9);5H,1-4H2. The molecule has 0 atom stereocenters. The first kappa shape index (κ1) is 12.0. The van der Waals surface area contributed by atoms with E-state index in [0.717, 1.165) is 0 Å². The summed E-state index contributed by atoms with van der Waals surface area (Å²) in [5.41, 5.74) is 5.24. The summed E-state index contributed by atoms with van der Waals surface area (Å²) < 4.78 is 4.76. The van der Waals surface area contributed by atoms with Crippen molar-refractivity contribution in [1.82, 2.24) is 15.3 Å². The van der Waals surface area contributed by atoms with Gasteiger partial charge in [-0.1, -0.05) is 11.6 Å². The Morgan fingerprint density at radius 2 is 2.13 bits per heavy atom. The summed E-state index contributed by atoms with van der Waals surface area (Å²) >= 11 is 5.59. The third kappa shape index (κ3) is 4.31. The van der Waals surface area contributed by atoms with Gasteiger partial charge in [0.15, 0.2) is 0 Å². The van der Waals surface area contributed by atoms with E-state index in [9.17, 15) is 0 Å². The molecule has 0 spiro atoms. The number of methoxy groups -OCH3 is 1. The van der Waals surface area contributed by atoms with E-state index in [1.807, 2.05) is 0 Å². The van der Waals surface area contributed by atoms with Crippen LogP contribution in [-0.2, 0) is 0 Å². The molecule has 1 aromatic heterocycles. The van der Waals surface area contributed by atoms with E-state index in [0.29, 0.717) is 10.9 Å². The molecule has 15 heavy (non-hydrogen) atoms. The van der Waals surface area contributed by atoms with Gasteiger partial charge in [-0.2, -0.15) is 4.98 Å². The van der Waals surface area contributed by atoms with E-state index < -0.39 is 0 Å². The Kier molecular flexibility index (Phi) is 5.14. The number of hydrogen-bond donors (Lipinski definition) is 2. The molecule has 84 valence electrons. The fraction of sp³-hybridized carbons (Fsp3) is 0.556. The fourth-order valence-electron chi connectivity index (χ4n) is 1.13. The highest BCUT2D eigenvalue weighted by Crippen LogP contribution is 2.19. The first-order valence-electron chi connectivity index (χ1n) is 4.76. The molecule has 3 N–H and O–H groups in total. The number of nitrogens with two attached hydrogens (primary N) is 1. The molecule has 1 saturated heterocycles. The number of rotatable bonds is 1. The number of ether oxygens (including phenoxy) is 1. The highest BCUT2D eigenvalue weighted by atomic mass is 35.5. The maximum absolute atomic E-state index is 5.59. The molecular weight excluding hydrogens is 216 g/mol. The van der Waals surface area contributed by atoms with Gasteiger partial charge in [-0.25, -0.2) is 4.98 Å². The Labute approximate surface area is 94.0 Å². The maximum Gasteiger partial charge on any atom is 0.237 e. The lowest BCUT2D eigenvalue weighted by Crippen LogP contribution is -2.03. The average molecular weight is 231 g/mol. The van der Waals surface area contributed by atoms with Crippen LogP contribution in [-0.4, -0.2) is 30.2 Å². The molecule has 1 aliphatic rings. The monoisotopic (exact) mass is 230 g/mol. The summed E-state index contributed by atoms with van der Waals surface area (Å²) in [7, 11) is 1.47. The molecule has 0 radical (unpaired) electrons. The fourth-order valence-corrected chi connectivity index (χ4v) is 1.30. The van der Waals surface area contributed by atoms with Gasteiger partial charge in [0.25, 0.3) is 0 Å². The molecule has 0 amide bonds. The zero-order valence-electron chi connectivity index (χ0n) is 8.66. The van der Waals surface area contributed by atoms with Crippen LogP contribution in [0.2, 0.25) is 5.02 Å². The number of nitrogen functional groups attached to an aromatic ring is 1. The van der Waals surface area contributed by atoms with Crippen molar-refractivity contribution in [2.24, 2.45) is 0 Å². The Hall–Kier alpha value is -1.07. The van der Waals surface area contributed by atoms with E-state index in [-0.39, 0.29) is 5.95 Å². The van der Waals surface area contributed by atoms with Gasteiger partial charge in [0.2, 0.25) is 11.8 Å². The van der Waals surface area contributed by atoms with Crippen LogP contribution in [0.3, 0.4) is 0 Å². The van der Waals surface area contributed by atoms with Crippen LogP contribution in [0.15, 0.2) is 6.20 Å². The van der Waals surface area contributed by atoms with Gasteiger partial charge >= 0.3 is 0 Å². The molecule has 0 saturated carbocycles. The largest absolute Gasteiger partial charge is 0.480 e. The minimum Gasteiger partial charge on any atom is -0.480 e. The number of nitrogens with zero attached hydrogens (tertiary/aromatic N) is 2. The molecule has 5 nitrogen and oxygen atoms in total. The second-order valence-corrected chi connectivity index (χ2v) is 3.45. The zero-order chi connectivity index (χ0) is 11.1. The number of anilines is 1. The lowest BCUT2D eigenvalue weighted by Gasteiger charge is -1.99. The number of halogens is 1. The molecule has 2 rings (SSSR count). The highest BCUT2D eigenvalue weighted by molar-refractivity contribution is 6.31. The summed E-state index contributed by atoms with van der Waals surface area (Å²) in [6, 6.07) is 0. The van der Waals surface area contributed by atoms with Crippen LogP contribution in [0, 0.1) is 0 Å². The third-order valence-electron chi connectivity index (χ3n) is 1.88. The Balaban J connectivity index is 0.000000187. The lowest BCUT2D eigenvalue weighted by atomic mass is 10.4. The summed E-state index contributed by atoms with van der Waals surface area (Å²) in [6.45, 7) is 2.50. The Bertz CT molecular complexity index is 297. The number of nitrogens with one attached hydrogen (secondary N) is 1. The molecule has 0 aliphatic carbocycles. The van der Waals surface area contributed by atoms with Gasteiger partial charge in [0.1, 0.15) is 5.02 Å². The van der Waals surface area contributed by atoms with Crippen LogP contribution < -0.4 is 15.8 Å². The second-order valence-electron chi connectivity index (χ2n) is 3.04. The topological polar surface area (TPSA) is 73.1 Å². The van der Waals surface area contributed by atoms with Crippen LogP contribution in [0.1, 0.15) is 12.8 Å². The quantitative estimate of drug-likeness (QED) is 0.756. The van der Waals surface area contributed by atoms with Crippen molar-refractivity contribution in [2.45, 2.75) is 12.8 Å². The van der Waals surface area contributed by atoms with Crippen LogP contribution in [0.5, 0.6) is 5.88 Å². The molecule has 1 fully saturated rings. The van der Waals surface area contributed by atoms with E-state index in [1.54, 1.807) is 0 Å². The molecule has 0 unspecified atom stereocenters. The van der Waals surface area contributed by atoms with Crippen molar-refractivity contribution in [3.63, 3.8) is 0 Å². The van der Waals surface area contributed by atoms with Crippen molar-refractivity contribution in [3.05, 3.63) is 11.2 Å². The minimum atomic E-state index is 0.154. The Morgan fingerprint density at radius 1 is 1.47 bits per heavy atom. The maximum atomic E-state index is 5.59. The summed E-state index contributed by atoms with van der Waals surface area (Å²) in [6.07, 6.45) is 4.17. The lowest BCUT2D eigenvalue weighted by molar-refractivity contribution is 0.398. The van der Waals surface area contributed by atoms with E-state index in [1.165, 1.54) is 39.2 Å². The van der Waals surface area contributed by atoms with Crippen LogP contribution >= 0.6 is 11.6 Å². The molecule has 2 heterocycles. The molecule has 0 bridgehead atoms. The molecule has 1 aliphatic heterocycles. The summed E-state index contributed by atoms with van der Waals surface area (Å²) in [5, 5.41) is 3.58. The predicted octanol–water partition coefficient (Wildman–Crippen LogP) is 1.09. The third-order valence-corrected chi connectivity index (χ3v) is 2.14. The van der Waals surface area contributed by atoms with Crippen LogP contribution in [0.4, 0.5) is 5.95 Å². The molecule has 6 heteroatoms. The van der Waals surface area contributed by atoms with Crippen LogP contribution in [0.25, 0.3) is 0 Å². The summed E-state index contributed by atoms with van der Waals surface area (Å²) in [5.74, 6) is 0.454. The van der Waals surface area contributed by atoms with Gasteiger partial charge in [-0.3, -0.25) is 0 Å². The molecular formula is C9H15ClN4O. The van der Waals surface area contributed by atoms with Gasteiger partial charge in [-0.15, -0.1) is 0 Å². The number of hydrogen-bond acceptors (Lipinski definition) is 5. The highest BCUT2D eigenvalue weighted by Gasteiger charge is 2.01. The zero-order valence-corrected chi connectivity index (χ0v) is 9.42. The molecule has 0 aromatic carbocycles. The minimum absolute atomic E-state index is 0.154. The predicted molar refractivity (Wildman–Crippen MR) is 60.1 cm³/mol. The average Bonchev–Trinajstić information content (AvgIpc) is 2.80. The van der Waals surface area contributed by atoms with Crippen molar-refractivity contribution in [3.8, 4) is 5.88 Å². The van der Waals surface area contributed by atoms with E-state index in [4.69, 9.17) is 22.1 Å². The van der Waals surface area contributed by atoms with Crippen molar-refractivity contribution in [2.75, 3.05) is 25.9 Å². The smallest absolute Gasteiger partial charge is 0.237 e. The first-order valence-corrected chi connectivity index (χ1v) is 5.14. The first-order chi connectivity index (χ1) is 7.24. The number of aromatic nitrogens is 2. The Morgan fingerprint density at radius 3 is 2.53 bits per heavy atom. The summed E-state index contributed by atoms with van der Waals surface area (Å²) in [4.78, 5) is 7.35. The molecule has 1 aromatic rings. The second kappa shape index (κ2) is 6.42. The SMILES string of the molecule is C1CCNC1.COc1nc(N)ncc1Cl. The van der Waals surface area contributed by atoms with Gasteiger partial charge < -0.3 is 15.8 Å². The van der Waals surface area contributed by atoms with Gasteiger partial charge in [0.05, 0.1) is 13.3 Å². The van der Waals surface area contributed by atoms with Crippen molar-refractivity contribution in [1.29, 1.82) is 0 Å². The van der Waals surface area contributed by atoms with E-state index in [2.05, 4.69) is 15.3 Å². The van der Waals surface area contributed by atoms with Gasteiger partial charge in [-0.05, 0) is 25.9 Å². The normalized spacial score (nSPS) is 14.3.